The summed E-state index contributed by atoms with van der Waals surface area (Å²) in [5.41, 5.74) is 1.05. The summed E-state index contributed by atoms with van der Waals surface area (Å²) in [5, 5.41) is 9.42. The van der Waals surface area contributed by atoms with Crippen LogP contribution < -0.4 is 0 Å². The van der Waals surface area contributed by atoms with Crippen molar-refractivity contribution in [3.05, 3.63) is 30.3 Å². The number of piperidine rings is 1. The van der Waals surface area contributed by atoms with Crippen molar-refractivity contribution in [3.8, 4) is 11.4 Å². The van der Waals surface area contributed by atoms with Crippen molar-refractivity contribution in [2.24, 2.45) is 13.0 Å². The maximum atomic E-state index is 12.5. The van der Waals surface area contributed by atoms with Crippen molar-refractivity contribution in [1.82, 2.24) is 19.7 Å². The lowest BCUT2D eigenvalue weighted by Gasteiger charge is -2.32. The maximum absolute atomic E-state index is 12.5. The second kappa shape index (κ2) is 9.90. The summed E-state index contributed by atoms with van der Waals surface area (Å²) in [5.74, 6) is 2.27. The van der Waals surface area contributed by atoms with Crippen LogP contribution in [0.4, 0.5) is 0 Å². The zero-order valence-corrected chi connectivity index (χ0v) is 17.0. The molecular formula is C20H28N4O2S. The third-order valence-electron chi connectivity index (χ3n) is 4.84. The van der Waals surface area contributed by atoms with Gasteiger partial charge in [0.05, 0.1) is 6.61 Å². The van der Waals surface area contributed by atoms with Crippen LogP contribution in [0.25, 0.3) is 11.4 Å². The van der Waals surface area contributed by atoms with Crippen LogP contribution in [0.2, 0.25) is 0 Å². The number of thioether (sulfide) groups is 1. The fourth-order valence-electron chi connectivity index (χ4n) is 3.38. The highest BCUT2D eigenvalue weighted by Gasteiger charge is 2.23. The quantitative estimate of drug-likeness (QED) is 0.650. The van der Waals surface area contributed by atoms with Crippen LogP contribution in [0.5, 0.6) is 0 Å². The summed E-state index contributed by atoms with van der Waals surface area (Å²) >= 11 is 1.59. The van der Waals surface area contributed by atoms with Crippen LogP contribution in [0.3, 0.4) is 0 Å². The van der Waals surface area contributed by atoms with E-state index in [0.717, 1.165) is 55.7 Å². The molecular weight excluding hydrogens is 360 g/mol. The van der Waals surface area contributed by atoms with E-state index in [0.29, 0.717) is 18.1 Å². The Morgan fingerprint density at radius 2 is 2.11 bits per heavy atom. The highest BCUT2D eigenvalue weighted by molar-refractivity contribution is 7.99. The molecule has 1 saturated heterocycles. The number of carbonyl (C=O) groups is 1. The van der Waals surface area contributed by atoms with Crippen LogP contribution in [-0.4, -0.2) is 57.6 Å². The number of nitrogens with zero attached hydrogens (tertiary/aromatic N) is 4. The normalized spacial score (nSPS) is 17.3. The largest absolute Gasteiger partial charge is 0.381 e. The molecule has 1 aromatic heterocycles. The fourth-order valence-corrected chi connectivity index (χ4v) is 4.22. The molecule has 1 unspecified atom stereocenters. The standard InChI is InChI=1S/C20H28N4O2S/c1-3-26-15-16-8-7-12-24(14-16)18(25)11-13-27-20-22-21-19(23(20)2)17-9-5-4-6-10-17/h4-6,9-10,16H,3,7-8,11-15H2,1-2H3. The Morgan fingerprint density at radius 3 is 2.89 bits per heavy atom. The monoisotopic (exact) mass is 388 g/mol. The maximum Gasteiger partial charge on any atom is 0.223 e. The van der Waals surface area contributed by atoms with Gasteiger partial charge in [-0.1, -0.05) is 42.1 Å². The zero-order chi connectivity index (χ0) is 19.1. The van der Waals surface area contributed by atoms with Crippen LogP contribution >= 0.6 is 11.8 Å². The molecule has 2 heterocycles. The highest BCUT2D eigenvalue weighted by Crippen LogP contribution is 2.23. The number of rotatable bonds is 8. The van der Waals surface area contributed by atoms with Crippen LogP contribution in [0.1, 0.15) is 26.2 Å². The molecule has 1 atom stereocenters. The Bertz CT molecular complexity index is 735. The minimum Gasteiger partial charge on any atom is -0.381 e. The average Bonchev–Trinajstić information content (AvgIpc) is 3.07. The molecule has 1 fully saturated rings. The summed E-state index contributed by atoms with van der Waals surface area (Å²) in [6.07, 6.45) is 2.75. The molecule has 0 spiro atoms. The number of carbonyl (C=O) groups excluding carboxylic acids is 1. The molecule has 1 amide bonds. The number of hydrogen-bond acceptors (Lipinski definition) is 5. The lowest BCUT2D eigenvalue weighted by atomic mass is 9.99. The summed E-state index contributed by atoms with van der Waals surface area (Å²) in [4.78, 5) is 14.5. The first-order chi connectivity index (χ1) is 13.2. The van der Waals surface area contributed by atoms with Crippen molar-refractivity contribution in [3.63, 3.8) is 0 Å². The molecule has 1 aliphatic heterocycles. The van der Waals surface area contributed by atoms with Crippen molar-refractivity contribution in [2.75, 3.05) is 32.1 Å². The Balaban J connectivity index is 1.48. The Labute approximate surface area is 165 Å². The molecule has 0 bridgehead atoms. The second-order valence-corrected chi connectivity index (χ2v) is 7.90. The number of amides is 1. The first-order valence-electron chi connectivity index (χ1n) is 9.62. The number of likely N-dealkylation sites (tertiary alicyclic amines) is 1. The van der Waals surface area contributed by atoms with Gasteiger partial charge in [-0.2, -0.15) is 0 Å². The number of aromatic nitrogens is 3. The van der Waals surface area contributed by atoms with Gasteiger partial charge in [0.25, 0.3) is 0 Å². The first kappa shape index (κ1) is 19.9. The van der Waals surface area contributed by atoms with Gasteiger partial charge in [0.2, 0.25) is 5.91 Å². The van der Waals surface area contributed by atoms with E-state index in [1.54, 1.807) is 11.8 Å². The van der Waals surface area contributed by atoms with Gasteiger partial charge in [0.1, 0.15) is 0 Å². The van der Waals surface area contributed by atoms with Gasteiger partial charge in [0.15, 0.2) is 11.0 Å². The molecule has 7 heteroatoms. The summed E-state index contributed by atoms with van der Waals surface area (Å²) < 4.78 is 7.52. The van der Waals surface area contributed by atoms with E-state index in [9.17, 15) is 4.79 Å². The van der Waals surface area contributed by atoms with E-state index in [1.807, 2.05) is 53.8 Å². The third kappa shape index (κ3) is 5.32. The molecule has 0 saturated carbocycles. The SMILES string of the molecule is CCOCC1CCCN(C(=O)CCSc2nnc(-c3ccccc3)n2C)C1. The van der Waals surface area contributed by atoms with Gasteiger partial charge in [-0.05, 0) is 25.7 Å². The lowest BCUT2D eigenvalue weighted by molar-refractivity contribution is -0.133. The predicted octanol–water partition coefficient (Wildman–Crippen LogP) is 3.24. The number of hydrogen-bond donors (Lipinski definition) is 0. The molecule has 1 aliphatic rings. The number of benzene rings is 1. The summed E-state index contributed by atoms with van der Waals surface area (Å²) in [7, 11) is 1.97. The van der Waals surface area contributed by atoms with Gasteiger partial charge >= 0.3 is 0 Å². The van der Waals surface area contributed by atoms with E-state index in [4.69, 9.17) is 4.74 Å². The molecule has 2 aromatic rings. The summed E-state index contributed by atoms with van der Waals surface area (Å²) in [6, 6.07) is 10.0. The van der Waals surface area contributed by atoms with E-state index in [2.05, 4.69) is 10.2 Å². The van der Waals surface area contributed by atoms with E-state index in [1.165, 1.54) is 0 Å². The fraction of sp³-hybridized carbons (Fsp3) is 0.550. The smallest absolute Gasteiger partial charge is 0.223 e. The van der Waals surface area contributed by atoms with E-state index < -0.39 is 0 Å². The van der Waals surface area contributed by atoms with Crippen molar-refractivity contribution in [1.29, 1.82) is 0 Å². The van der Waals surface area contributed by atoms with Crippen molar-refractivity contribution < 1.29 is 9.53 Å². The van der Waals surface area contributed by atoms with Gasteiger partial charge in [-0.3, -0.25) is 4.79 Å². The molecule has 27 heavy (non-hydrogen) atoms. The predicted molar refractivity (Wildman–Crippen MR) is 108 cm³/mol. The van der Waals surface area contributed by atoms with Crippen LogP contribution in [0, 0.1) is 5.92 Å². The molecule has 3 rings (SSSR count). The Kier molecular flexibility index (Phi) is 7.29. The van der Waals surface area contributed by atoms with E-state index >= 15 is 0 Å². The van der Waals surface area contributed by atoms with Crippen LogP contribution in [-0.2, 0) is 16.6 Å². The van der Waals surface area contributed by atoms with Crippen molar-refractivity contribution in [2.45, 2.75) is 31.3 Å². The molecule has 0 aliphatic carbocycles. The highest BCUT2D eigenvalue weighted by atomic mass is 32.2. The van der Waals surface area contributed by atoms with Crippen LogP contribution in [0.15, 0.2) is 35.5 Å². The molecule has 146 valence electrons. The third-order valence-corrected chi connectivity index (χ3v) is 5.87. The van der Waals surface area contributed by atoms with Gasteiger partial charge in [0, 0.05) is 44.5 Å². The first-order valence-corrected chi connectivity index (χ1v) is 10.6. The van der Waals surface area contributed by atoms with Gasteiger partial charge in [-0.15, -0.1) is 10.2 Å². The second-order valence-electron chi connectivity index (χ2n) is 6.84. The van der Waals surface area contributed by atoms with Gasteiger partial charge in [-0.25, -0.2) is 0 Å². The van der Waals surface area contributed by atoms with E-state index in [-0.39, 0.29) is 5.91 Å². The Morgan fingerprint density at radius 1 is 1.30 bits per heavy atom. The molecule has 0 N–H and O–H groups in total. The molecule has 1 aromatic carbocycles. The minimum atomic E-state index is 0.231. The lowest BCUT2D eigenvalue weighted by Crippen LogP contribution is -2.41. The van der Waals surface area contributed by atoms with Gasteiger partial charge < -0.3 is 14.2 Å². The topological polar surface area (TPSA) is 60.2 Å². The molecule has 0 radical (unpaired) electrons. The minimum absolute atomic E-state index is 0.231. The molecule has 6 nitrogen and oxygen atoms in total. The number of ether oxygens (including phenoxy) is 1. The average molecular weight is 389 g/mol. The Hall–Kier alpha value is -1.86. The van der Waals surface area contributed by atoms with Crippen molar-refractivity contribution >= 4 is 17.7 Å². The summed E-state index contributed by atoms with van der Waals surface area (Å²) in [6.45, 7) is 5.21. The zero-order valence-electron chi connectivity index (χ0n) is 16.1.